The molecule has 0 aromatic heterocycles. The molecule has 2 amide bonds. The Morgan fingerprint density at radius 1 is 1.23 bits per heavy atom. The van der Waals surface area contributed by atoms with E-state index in [-0.39, 0.29) is 0 Å². The highest BCUT2D eigenvalue weighted by molar-refractivity contribution is 6.39. The van der Waals surface area contributed by atoms with E-state index < -0.39 is 17.6 Å². The van der Waals surface area contributed by atoms with Gasteiger partial charge in [-0.2, -0.15) is 0 Å². The highest BCUT2D eigenvalue weighted by Gasteiger charge is 2.16. The van der Waals surface area contributed by atoms with Gasteiger partial charge in [0.2, 0.25) is 0 Å². The van der Waals surface area contributed by atoms with E-state index in [0.717, 1.165) is 25.7 Å². The molecule has 4 nitrogen and oxygen atoms in total. The number of anilines is 1. The SMILES string of the molecule is CCCC[C@@H](CC)CNC(=O)C(=O)Nc1cc(F)ccc1C. The normalized spacial score (nSPS) is 11.8. The van der Waals surface area contributed by atoms with E-state index in [1.807, 2.05) is 0 Å². The van der Waals surface area contributed by atoms with Gasteiger partial charge in [0.25, 0.3) is 0 Å². The molecule has 1 aromatic rings. The van der Waals surface area contributed by atoms with E-state index in [9.17, 15) is 14.0 Å². The minimum absolute atomic E-state index is 0.318. The molecule has 0 spiro atoms. The summed E-state index contributed by atoms with van der Waals surface area (Å²) in [7, 11) is 0. The van der Waals surface area contributed by atoms with Crippen LogP contribution in [-0.2, 0) is 9.59 Å². The van der Waals surface area contributed by atoms with Gasteiger partial charge in [-0.05, 0) is 37.0 Å². The van der Waals surface area contributed by atoms with Crippen LogP contribution in [0, 0.1) is 18.7 Å². The first kappa shape index (κ1) is 18.1. The van der Waals surface area contributed by atoms with Gasteiger partial charge in [-0.25, -0.2) is 4.39 Å². The Balaban J connectivity index is 2.51. The zero-order valence-electron chi connectivity index (χ0n) is 13.5. The molecule has 0 aliphatic carbocycles. The number of hydrogen-bond donors (Lipinski definition) is 2. The molecule has 0 saturated carbocycles. The molecule has 0 bridgehead atoms. The van der Waals surface area contributed by atoms with Crippen molar-refractivity contribution in [2.45, 2.75) is 46.5 Å². The van der Waals surface area contributed by atoms with Crippen LogP contribution in [0.25, 0.3) is 0 Å². The van der Waals surface area contributed by atoms with Gasteiger partial charge in [0.1, 0.15) is 5.82 Å². The number of rotatable bonds is 7. The molecular weight excluding hydrogens is 283 g/mol. The highest BCUT2D eigenvalue weighted by atomic mass is 19.1. The molecule has 122 valence electrons. The van der Waals surface area contributed by atoms with Crippen molar-refractivity contribution < 1.29 is 14.0 Å². The van der Waals surface area contributed by atoms with Crippen molar-refractivity contribution in [2.24, 2.45) is 5.92 Å². The quantitative estimate of drug-likeness (QED) is 0.758. The molecule has 0 radical (unpaired) electrons. The first-order valence-corrected chi connectivity index (χ1v) is 7.83. The number of nitrogens with one attached hydrogen (secondary N) is 2. The fourth-order valence-electron chi connectivity index (χ4n) is 2.17. The topological polar surface area (TPSA) is 58.2 Å². The van der Waals surface area contributed by atoms with Gasteiger partial charge in [-0.1, -0.05) is 39.2 Å². The van der Waals surface area contributed by atoms with Crippen LogP contribution >= 0.6 is 0 Å². The molecule has 0 aliphatic rings. The maximum Gasteiger partial charge on any atom is 0.313 e. The number of hydrogen-bond acceptors (Lipinski definition) is 2. The van der Waals surface area contributed by atoms with E-state index in [1.54, 1.807) is 13.0 Å². The number of benzene rings is 1. The summed E-state index contributed by atoms with van der Waals surface area (Å²) >= 11 is 0. The summed E-state index contributed by atoms with van der Waals surface area (Å²) in [4.78, 5) is 23.7. The van der Waals surface area contributed by atoms with Crippen molar-refractivity contribution in [1.82, 2.24) is 5.32 Å². The smallest absolute Gasteiger partial charge is 0.313 e. The van der Waals surface area contributed by atoms with Crippen LogP contribution in [0.5, 0.6) is 0 Å². The largest absolute Gasteiger partial charge is 0.348 e. The molecule has 0 fully saturated rings. The summed E-state index contributed by atoms with van der Waals surface area (Å²) in [5, 5.41) is 5.10. The molecule has 1 rings (SSSR count). The van der Waals surface area contributed by atoms with Crippen LogP contribution in [-0.4, -0.2) is 18.4 Å². The Hall–Kier alpha value is -1.91. The average Bonchev–Trinajstić information content (AvgIpc) is 2.50. The molecule has 1 aromatic carbocycles. The molecule has 5 heteroatoms. The molecule has 0 heterocycles. The predicted molar refractivity (Wildman–Crippen MR) is 86.1 cm³/mol. The lowest BCUT2D eigenvalue weighted by molar-refractivity contribution is -0.136. The third kappa shape index (κ3) is 5.84. The van der Waals surface area contributed by atoms with Crippen molar-refractivity contribution in [3.05, 3.63) is 29.6 Å². The van der Waals surface area contributed by atoms with Gasteiger partial charge in [0, 0.05) is 12.2 Å². The van der Waals surface area contributed by atoms with Crippen LogP contribution in [0.15, 0.2) is 18.2 Å². The zero-order valence-corrected chi connectivity index (χ0v) is 13.5. The van der Waals surface area contributed by atoms with E-state index in [2.05, 4.69) is 24.5 Å². The molecule has 22 heavy (non-hydrogen) atoms. The summed E-state index contributed by atoms with van der Waals surface area (Å²) < 4.78 is 13.2. The second-order valence-corrected chi connectivity index (χ2v) is 5.54. The number of carbonyl (C=O) groups is 2. The van der Waals surface area contributed by atoms with Crippen molar-refractivity contribution in [3.63, 3.8) is 0 Å². The fourth-order valence-corrected chi connectivity index (χ4v) is 2.17. The maximum atomic E-state index is 13.2. The van der Waals surface area contributed by atoms with Crippen LogP contribution in [0.3, 0.4) is 0 Å². The Morgan fingerprint density at radius 3 is 2.59 bits per heavy atom. The van der Waals surface area contributed by atoms with Crippen molar-refractivity contribution in [2.75, 3.05) is 11.9 Å². The first-order chi connectivity index (χ1) is 10.5. The first-order valence-electron chi connectivity index (χ1n) is 7.83. The number of carbonyl (C=O) groups excluding carboxylic acids is 2. The van der Waals surface area contributed by atoms with E-state index in [0.29, 0.717) is 23.7 Å². The minimum Gasteiger partial charge on any atom is -0.348 e. The highest BCUT2D eigenvalue weighted by Crippen LogP contribution is 2.16. The van der Waals surface area contributed by atoms with E-state index >= 15 is 0 Å². The summed E-state index contributed by atoms with van der Waals surface area (Å²) in [6.07, 6.45) is 4.23. The standard InChI is InChI=1S/C17H25FN2O2/c1-4-6-7-13(5-2)11-19-16(21)17(22)20-15-10-14(18)9-8-12(15)3/h8-10,13H,4-7,11H2,1-3H3,(H,19,21)(H,20,22)/t13-/m1/s1. The summed E-state index contributed by atoms with van der Waals surface area (Å²) in [6.45, 7) is 6.43. The monoisotopic (exact) mass is 308 g/mol. The van der Waals surface area contributed by atoms with Gasteiger partial charge >= 0.3 is 11.8 Å². The Bertz CT molecular complexity index is 517. The number of aryl methyl sites for hydroxylation is 1. The lowest BCUT2D eigenvalue weighted by Gasteiger charge is -2.15. The second-order valence-electron chi connectivity index (χ2n) is 5.54. The number of unbranched alkanes of at least 4 members (excludes halogenated alkanes) is 1. The number of amides is 2. The Kier molecular flexibility index (Phi) is 7.57. The van der Waals surface area contributed by atoms with E-state index in [1.165, 1.54) is 12.1 Å². The fraction of sp³-hybridized carbons (Fsp3) is 0.529. The lowest BCUT2D eigenvalue weighted by Crippen LogP contribution is -2.38. The van der Waals surface area contributed by atoms with Gasteiger partial charge in [0.15, 0.2) is 0 Å². The molecule has 1 atom stereocenters. The molecule has 0 saturated heterocycles. The summed E-state index contributed by atoms with van der Waals surface area (Å²) in [6, 6.07) is 4.07. The van der Waals surface area contributed by atoms with Gasteiger partial charge in [0.05, 0.1) is 0 Å². The minimum atomic E-state index is -0.765. The molecule has 0 unspecified atom stereocenters. The van der Waals surface area contributed by atoms with Crippen LogP contribution < -0.4 is 10.6 Å². The van der Waals surface area contributed by atoms with Gasteiger partial charge in [-0.15, -0.1) is 0 Å². The second kappa shape index (κ2) is 9.18. The third-order valence-corrected chi connectivity index (χ3v) is 3.75. The zero-order chi connectivity index (χ0) is 16.5. The summed E-state index contributed by atoms with van der Waals surface area (Å²) in [5.74, 6) is -1.52. The predicted octanol–water partition coefficient (Wildman–Crippen LogP) is 3.41. The van der Waals surface area contributed by atoms with E-state index in [4.69, 9.17) is 0 Å². The Morgan fingerprint density at radius 2 is 1.95 bits per heavy atom. The maximum absolute atomic E-state index is 13.2. The number of halogens is 1. The van der Waals surface area contributed by atoms with Gasteiger partial charge < -0.3 is 10.6 Å². The molecular formula is C17H25FN2O2. The summed E-state index contributed by atoms with van der Waals surface area (Å²) in [5.41, 5.74) is 1.02. The van der Waals surface area contributed by atoms with Crippen LogP contribution in [0.1, 0.15) is 45.1 Å². The van der Waals surface area contributed by atoms with Crippen LogP contribution in [0.2, 0.25) is 0 Å². The van der Waals surface area contributed by atoms with Gasteiger partial charge in [-0.3, -0.25) is 9.59 Å². The van der Waals surface area contributed by atoms with Crippen molar-refractivity contribution in [1.29, 1.82) is 0 Å². The van der Waals surface area contributed by atoms with Crippen molar-refractivity contribution >= 4 is 17.5 Å². The third-order valence-electron chi connectivity index (χ3n) is 3.75. The van der Waals surface area contributed by atoms with Crippen LogP contribution in [0.4, 0.5) is 10.1 Å². The molecule has 0 aliphatic heterocycles. The Labute approximate surface area is 131 Å². The average molecular weight is 308 g/mol. The molecule has 2 N–H and O–H groups in total. The lowest BCUT2D eigenvalue weighted by atomic mass is 9.99. The van der Waals surface area contributed by atoms with Crippen molar-refractivity contribution in [3.8, 4) is 0 Å².